The van der Waals surface area contributed by atoms with Crippen LogP contribution in [0.25, 0.3) is 0 Å². The molecule has 1 saturated carbocycles. The van der Waals surface area contributed by atoms with Crippen molar-refractivity contribution in [3.05, 3.63) is 54.6 Å². The van der Waals surface area contributed by atoms with Gasteiger partial charge < -0.3 is 4.74 Å². The summed E-state index contributed by atoms with van der Waals surface area (Å²) in [7, 11) is 0. The van der Waals surface area contributed by atoms with Crippen LogP contribution in [-0.4, -0.2) is 17.3 Å². The second-order valence-corrected chi connectivity index (χ2v) is 11.3. The zero-order chi connectivity index (χ0) is 23.0. The molecule has 1 aromatic carbocycles. The third kappa shape index (κ3) is 7.56. The highest BCUT2D eigenvalue weighted by Crippen LogP contribution is 2.43. The topological polar surface area (TPSA) is 26.3 Å². The smallest absolute Gasteiger partial charge is 0.320 e. The second kappa shape index (κ2) is 11.9. The summed E-state index contributed by atoms with van der Waals surface area (Å²) in [5, 5.41) is -0.317. The molecule has 1 aliphatic carbocycles. The molecule has 3 heteroatoms. The quantitative estimate of drug-likeness (QED) is 0.208. The SMILES string of the molecule is C=C[C@](C)(CCC=C(C)C)[C@@H](Sc1ccccc1)C(=O)O[C@@H]1C[C@H](C)CC[C@H]1C(C)C. The summed E-state index contributed by atoms with van der Waals surface area (Å²) in [6.07, 6.45) is 9.38. The summed E-state index contributed by atoms with van der Waals surface area (Å²) in [6, 6.07) is 10.2. The highest BCUT2D eigenvalue weighted by atomic mass is 32.2. The number of rotatable bonds is 10. The van der Waals surface area contributed by atoms with E-state index in [-0.39, 0.29) is 22.7 Å². The third-order valence-electron chi connectivity index (χ3n) is 6.74. The first-order valence-corrected chi connectivity index (χ1v) is 12.7. The van der Waals surface area contributed by atoms with Crippen molar-refractivity contribution < 1.29 is 9.53 Å². The molecule has 0 heterocycles. The molecule has 0 N–H and O–H groups in total. The maximum atomic E-state index is 13.7. The lowest BCUT2D eigenvalue weighted by Gasteiger charge is -2.39. The van der Waals surface area contributed by atoms with Crippen LogP contribution in [0.5, 0.6) is 0 Å². The summed E-state index contributed by atoms with van der Waals surface area (Å²) in [6.45, 7) is 17.3. The minimum absolute atomic E-state index is 0.0157. The van der Waals surface area contributed by atoms with Crippen molar-refractivity contribution in [1.82, 2.24) is 0 Å². The molecular weight excluding hydrogens is 400 g/mol. The molecule has 2 rings (SSSR count). The zero-order valence-corrected chi connectivity index (χ0v) is 21.2. The van der Waals surface area contributed by atoms with E-state index in [0.717, 1.165) is 30.6 Å². The Balaban J connectivity index is 2.28. The summed E-state index contributed by atoms with van der Waals surface area (Å²) in [4.78, 5) is 14.8. The van der Waals surface area contributed by atoms with Crippen molar-refractivity contribution in [2.45, 2.75) is 89.9 Å². The molecule has 31 heavy (non-hydrogen) atoms. The largest absolute Gasteiger partial charge is 0.461 e. The number of esters is 1. The van der Waals surface area contributed by atoms with Crippen LogP contribution in [0.4, 0.5) is 0 Å². The van der Waals surface area contributed by atoms with E-state index in [1.54, 1.807) is 11.8 Å². The van der Waals surface area contributed by atoms with E-state index in [0.29, 0.717) is 17.8 Å². The normalized spacial score (nSPS) is 24.2. The molecule has 0 radical (unpaired) electrons. The Hall–Kier alpha value is -1.48. The molecule has 1 aliphatic rings. The molecule has 0 unspecified atom stereocenters. The third-order valence-corrected chi connectivity index (χ3v) is 8.25. The molecule has 0 bridgehead atoms. The van der Waals surface area contributed by atoms with E-state index >= 15 is 0 Å². The van der Waals surface area contributed by atoms with Crippen molar-refractivity contribution in [1.29, 1.82) is 0 Å². The number of allylic oxidation sites excluding steroid dienone is 3. The van der Waals surface area contributed by atoms with Gasteiger partial charge in [-0.1, -0.05) is 70.0 Å². The molecule has 0 aliphatic heterocycles. The number of ether oxygens (including phenoxy) is 1. The lowest BCUT2D eigenvalue weighted by Crippen LogP contribution is -2.42. The molecule has 5 atom stereocenters. The van der Waals surface area contributed by atoms with Gasteiger partial charge in [0.2, 0.25) is 0 Å². The van der Waals surface area contributed by atoms with Crippen molar-refractivity contribution in [2.24, 2.45) is 23.2 Å². The first-order valence-electron chi connectivity index (χ1n) is 11.9. The molecule has 2 nitrogen and oxygen atoms in total. The monoisotopic (exact) mass is 442 g/mol. The average Bonchev–Trinajstić information content (AvgIpc) is 2.72. The van der Waals surface area contributed by atoms with Crippen LogP contribution < -0.4 is 0 Å². The Morgan fingerprint density at radius 1 is 1.26 bits per heavy atom. The summed E-state index contributed by atoms with van der Waals surface area (Å²) in [5.74, 6) is 1.49. The Bertz CT molecular complexity index is 735. The molecule has 0 saturated heterocycles. The number of hydrogen-bond acceptors (Lipinski definition) is 3. The van der Waals surface area contributed by atoms with Crippen LogP contribution in [0.3, 0.4) is 0 Å². The molecule has 0 spiro atoms. The number of carbonyl (C=O) groups excluding carboxylic acids is 1. The lowest BCUT2D eigenvalue weighted by molar-refractivity contribution is -0.157. The first-order chi connectivity index (χ1) is 14.7. The number of hydrogen-bond donors (Lipinski definition) is 0. The van der Waals surface area contributed by atoms with E-state index in [1.165, 1.54) is 12.0 Å². The van der Waals surface area contributed by atoms with Crippen LogP contribution in [-0.2, 0) is 9.53 Å². The predicted molar refractivity (Wildman–Crippen MR) is 134 cm³/mol. The Labute approximate surface area is 194 Å². The van der Waals surface area contributed by atoms with Gasteiger partial charge in [-0.05, 0) is 69.4 Å². The fourth-order valence-electron chi connectivity index (χ4n) is 4.56. The Morgan fingerprint density at radius 3 is 2.52 bits per heavy atom. The minimum Gasteiger partial charge on any atom is -0.461 e. The highest BCUT2D eigenvalue weighted by molar-refractivity contribution is 8.00. The second-order valence-electron chi connectivity index (χ2n) is 10.1. The highest BCUT2D eigenvalue weighted by Gasteiger charge is 2.41. The minimum atomic E-state index is -0.350. The van der Waals surface area contributed by atoms with Gasteiger partial charge in [0.05, 0.1) is 0 Å². The molecule has 0 aromatic heterocycles. The van der Waals surface area contributed by atoms with Crippen LogP contribution in [0.2, 0.25) is 0 Å². The molecule has 0 amide bonds. The van der Waals surface area contributed by atoms with Crippen molar-refractivity contribution >= 4 is 17.7 Å². The van der Waals surface area contributed by atoms with Gasteiger partial charge >= 0.3 is 5.97 Å². The Morgan fingerprint density at radius 2 is 1.94 bits per heavy atom. The predicted octanol–water partition coefficient (Wildman–Crippen LogP) is 8.09. The van der Waals surface area contributed by atoms with Gasteiger partial charge in [0.15, 0.2) is 0 Å². The lowest BCUT2D eigenvalue weighted by atomic mass is 9.75. The van der Waals surface area contributed by atoms with E-state index in [9.17, 15) is 4.79 Å². The Kier molecular flexibility index (Phi) is 9.93. The van der Waals surface area contributed by atoms with Gasteiger partial charge in [-0.2, -0.15) is 0 Å². The van der Waals surface area contributed by atoms with E-state index in [4.69, 9.17) is 4.74 Å². The van der Waals surface area contributed by atoms with Crippen LogP contribution in [0, 0.1) is 23.2 Å². The average molecular weight is 443 g/mol. The maximum Gasteiger partial charge on any atom is 0.320 e. The zero-order valence-electron chi connectivity index (χ0n) is 20.4. The van der Waals surface area contributed by atoms with Gasteiger partial charge in [-0.15, -0.1) is 18.3 Å². The summed E-state index contributed by atoms with van der Waals surface area (Å²) >= 11 is 1.62. The number of thioether (sulfide) groups is 1. The molecule has 1 fully saturated rings. The van der Waals surface area contributed by atoms with Crippen molar-refractivity contribution in [3.63, 3.8) is 0 Å². The van der Waals surface area contributed by atoms with Crippen LogP contribution >= 0.6 is 11.8 Å². The number of carbonyl (C=O) groups is 1. The van der Waals surface area contributed by atoms with Crippen LogP contribution in [0.1, 0.15) is 73.6 Å². The van der Waals surface area contributed by atoms with E-state index < -0.39 is 0 Å². The summed E-state index contributed by atoms with van der Waals surface area (Å²) < 4.78 is 6.32. The van der Waals surface area contributed by atoms with E-state index in [1.807, 2.05) is 24.3 Å². The summed E-state index contributed by atoms with van der Waals surface area (Å²) in [5.41, 5.74) is 0.953. The fraction of sp³-hybridized carbons (Fsp3) is 0.607. The van der Waals surface area contributed by atoms with Gasteiger partial charge in [0.1, 0.15) is 11.4 Å². The van der Waals surface area contributed by atoms with Gasteiger partial charge in [-0.3, -0.25) is 4.79 Å². The standard InChI is InChI=1S/C28H42O2S/c1-8-28(7,18-12-13-20(2)3)26(31-23-14-10-9-11-15-23)27(29)30-25-19-22(6)16-17-24(25)21(4)5/h8-11,13-15,21-22,24-26H,1,12,16-19H2,2-7H3/t22-,24+,25-,26+,28-/m1/s1. The fourth-order valence-corrected chi connectivity index (χ4v) is 5.78. The number of benzene rings is 1. The van der Waals surface area contributed by atoms with Gasteiger partial charge in [-0.25, -0.2) is 0 Å². The van der Waals surface area contributed by atoms with E-state index in [2.05, 4.69) is 66.3 Å². The van der Waals surface area contributed by atoms with Crippen molar-refractivity contribution in [2.75, 3.05) is 0 Å². The van der Waals surface area contributed by atoms with Crippen molar-refractivity contribution in [3.8, 4) is 0 Å². The van der Waals surface area contributed by atoms with Crippen LogP contribution in [0.15, 0.2) is 59.5 Å². The molecule has 1 aromatic rings. The maximum absolute atomic E-state index is 13.7. The molecular formula is C28H42O2S. The van der Waals surface area contributed by atoms with Gasteiger partial charge in [0.25, 0.3) is 0 Å². The van der Waals surface area contributed by atoms with Gasteiger partial charge in [0, 0.05) is 10.3 Å². The molecule has 172 valence electrons. The first kappa shape index (κ1) is 25.8.